The van der Waals surface area contributed by atoms with E-state index in [2.05, 4.69) is 47.6 Å². The first-order chi connectivity index (χ1) is 18.5. The number of nitrogens with zero attached hydrogens (tertiary/aromatic N) is 6. The monoisotopic (exact) mass is 577 g/mol. The Morgan fingerprint density at radius 3 is 2.76 bits per heavy atom. The number of aryl methyl sites for hydroxylation is 1. The molecule has 9 nitrogen and oxygen atoms in total. The van der Waals surface area contributed by atoms with Gasteiger partial charge in [0, 0.05) is 48.4 Å². The summed E-state index contributed by atoms with van der Waals surface area (Å²) in [6.07, 6.45) is 13.3. The van der Waals surface area contributed by atoms with E-state index in [0.717, 1.165) is 73.6 Å². The van der Waals surface area contributed by atoms with Gasteiger partial charge in [0.25, 0.3) is 0 Å². The fourth-order valence-corrected chi connectivity index (χ4v) is 8.61. The van der Waals surface area contributed by atoms with Crippen molar-refractivity contribution in [2.24, 2.45) is 11.7 Å². The molecule has 0 unspecified atom stereocenters. The Bertz CT molecular complexity index is 1420. The summed E-state index contributed by atoms with van der Waals surface area (Å²) in [5.41, 5.74) is 7.61. The summed E-state index contributed by atoms with van der Waals surface area (Å²) in [6, 6.07) is 7.91. The quantitative estimate of drug-likeness (QED) is 0.469. The van der Waals surface area contributed by atoms with Gasteiger partial charge in [-0.25, -0.2) is 4.98 Å². The van der Waals surface area contributed by atoms with Crippen LogP contribution in [0.2, 0.25) is 0 Å². The van der Waals surface area contributed by atoms with Gasteiger partial charge in [0.1, 0.15) is 11.9 Å². The Hall–Kier alpha value is -2.90. The molecule has 4 atom stereocenters. The molecule has 6 heterocycles. The van der Waals surface area contributed by atoms with Crippen molar-refractivity contribution in [1.29, 1.82) is 5.26 Å². The number of pyridine rings is 1. The van der Waals surface area contributed by atoms with Gasteiger partial charge in [-0.15, -0.1) is 0 Å². The molecular weight excluding hydrogens is 546 g/mol. The standard InChI is InChI=1S/C28H32BrN7O2/c29-26-21-13-19(14-30)38-25(21)15-32-28(26)36(24-2-1-11-34-23(24)9-10-33-34)17-5-3-16(4-6-17)35-18-7-8-22(35)20(12-18)27(31)37/h9-10,13,15-18,20,22,24H,1-8,11-12H2,(H2,31,37)/t16?,17?,18-,20-,22-,24-/m1/s1. The lowest BCUT2D eigenvalue weighted by molar-refractivity contribution is -0.122. The Balaban J connectivity index is 1.20. The minimum absolute atomic E-state index is 0.0191. The van der Waals surface area contributed by atoms with E-state index in [-0.39, 0.29) is 23.6 Å². The molecular formula is C28H32BrN7O2. The minimum Gasteiger partial charge on any atom is -0.444 e. The zero-order valence-corrected chi connectivity index (χ0v) is 22.9. The first-order valence-corrected chi connectivity index (χ1v) is 14.7. The number of hydrogen-bond donors (Lipinski definition) is 1. The SMILES string of the molecule is N#Cc1cc2c(Br)c(N(C3CCC(N4[C@@H]5CC[C@@H]4[C@H](C(N)=O)C5)CC3)[C@@H]3CCCn4nccc43)ncc2o1. The maximum Gasteiger partial charge on any atom is 0.222 e. The number of anilines is 1. The summed E-state index contributed by atoms with van der Waals surface area (Å²) in [4.78, 5) is 22.2. The number of carbonyl (C=O) groups excluding carboxylic acids is 1. The lowest BCUT2D eigenvalue weighted by Gasteiger charge is -2.45. The molecule has 3 aliphatic heterocycles. The van der Waals surface area contributed by atoms with Gasteiger partial charge >= 0.3 is 0 Å². The van der Waals surface area contributed by atoms with Crippen LogP contribution in [0.1, 0.15) is 75.3 Å². The lowest BCUT2D eigenvalue weighted by Crippen LogP contribution is -2.48. The number of rotatable bonds is 5. The molecule has 3 aromatic heterocycles. The molecule has 1 saturated carbocycles. The van der Waals surface area contributed by atoms with Gasteiger partial charge in [0.05, 0.1) is 28.3 Å². The first-order valence-electron chi connectivity index (χ1n) is 13.9. The van der Waals surface area contributed by atoms with Crippen molar-refractivity contribution < 1.29 is 9.21 Å². The topological polar surface area (TPSA) is 117 Å². The van der Waals surface area contributed by atoms with Crippen LogP contribution in [-0.2, 0) is 11.3 Å². The highest BCUT2D eigenvalue weighted by molar-refractivity contribution is 9.10. The summed E-state index contributed by atoms with van der Waals surface area (Å²) in [6.45, 7) is 0.944. The van der Waals surface area contributed by atoms with E-state index >= 15 is 0 Å². The van der Waals surface area contributed by atoms with Gasteiger partial charge in [-0.2, -0.15) is 10.4 Å². The zero-order chi connectivity index (χ0) is 26.0. The molecule has 3 aromatic rings. The lowest BCUT2D eigenvalue weighted by atomic mass is 9.86. The van der Waals surface area contributed by atoms with Gasteiger partial charge in [0.2, 0.25) is 11.7 Å². The third-order valence-corrected chi connectivity index (χ3v) is 10.3. The molecule has 2 saturated heterocycles. The molecule has 2 bridgehead atoms. The number of aromatic nitrogens is 3. The van der Waals surface area contributed by atoms with E-state index < -0.39 is 0 Å². The molecule has 7 rings (SSSR count). The smallest absolute Gasteiger partial charge is 0.222 e. The van der Waals surface area contributed by atoms with Crippen molar-refractivity contribution in [1.82, 2.24) is 19.7 Å². The number of halogens is 1. The molecule has 3 fully saturated rings. The Morgan fingerprint density at radius 2 is 2.00 bits per heavy atom. The molecule has 0 spiro atoms. The molecule has 1 aliphatic carbocycles. The van der Waals surface area contributed by atoms with Crippen LogP contribution in [0.4, 0.5) is 5.82 Å². The van der Waals surface area contributed by atoms with Crippen molar-refractivity contribution in [2.75, 3.05) is 4.90 Å². The number of amides is 1. The summed E-state index contributed by atoms with van der Waals surface area (Å²) >= 11 is 3.85. The first kappa shape index (κ1) is 24.2. The van der Waals surface area contributed by atoms with E-state index in [1.807, 2.05) is 6.20 Å². The number of nitrogens with two attached hydrogens (primary N) is 1. The maximum absolute atomic E-state index is 12.1. The molecule has 4 aliphatic rings. The number of carbonyl (C=O) groups is 1. The van der Waals surface area contributed by atoms with Crippen molar-refractivity contribution in [3.8, 4) is 6.07 Å². The van der Waals surface area contributed by atoms with Gasteiger partial charge in [-0.1, -0.05) is 0 Å². The van der Waals surface area contributed by atoms with Crippen LogP contribution >= 0.6 is 15.9 Å². The van der Waals surface area contributed by atoms with Crippen LogP contribution in [0.5, 0.6) is 0 Å². The molecule has 10 heteroatoms. The average Bonchev–Trinajstić information content (AvgIpc) is 3.73. The summed E-state index contributed by atoms with van der Waals surface area (Å²) in [7, 11) is 0. The van der Waals surface area contributed by atoms with Crippen LogP contribution in [0.15, 0.2) is 33.4 Å². The second-order valence-electron chi connectivity index (χ2n) is 11.4. The van der Waals surface area contributed by atoms with E-state index in [0.29, 0.717) is 29.8 Å². The fraction of sp³-hybridized carbons (Fsp3) is 0.571. The average molecular weight is 579 g/mol. The van der Waals surface area contributed by atoms with E-state index in [1.54, 1.807) is 12.3 Å². The molecule has 0 aromatic carbocycles. The highest BCUT2D eigenvalue weighted by Crippen LogP contribution is 2.47. The van der Waals surface area contributed by atoms with E-state index in [1.165, 1.54) is 12.1 Å². The third kappa shape index (κ3) is 3.77. The predicted molar refractivity (Wildman–Crippen MR) is 145 cm³/mol. The zero-order valence-electron chi connectivity index (χ0n) is 21.3. The van der Waals surface area contributed by atoms with Gasteiger partial charge in [0.15, 0.2) is 5.58 Å². The third-order valence-electron chi connectivity index (χ3n) is 9.56. The molecule has 198 valence electrons. The Kier molecular flexibility index (Phi) is 5.97. The minimum atomic E-state index is -0.124. The fourth-order valence-electron chi connectivity index (χ4n) is 8.00. The summed E-state index contributed by atoms with van der Waals surface area (Å²) < 4.78 is 8.68. The second-order valence-corrected chi connectivity index (χ2v) is 12.2. The molecule has 1 amide bonds. The molecule has 2 N–H and O–H groups in total. The van der Waals surface area contributed by atoms with Crippen molar-refractivity contribution in [3.63, 3.8) is 0 Å². The molecule has 0 radical (unpaired) electrons. The van der Waals surface area contributed by atoms with Crippen LogP contribution in [0.3, 0.4) is 0 Å². The largest absolute Gasteiger partial charge is 0.444 e. The van der Waals surface area contributed by atoms with Gasteiger partial charge in [-0.05, 0) is 79.8 Å². The number of primary amides is 1. The second kappa shape index (κ2) is 9.38. The maximum atomic E-state index is 12.1. The van der Waals surface area contributed by atoms with E-state index in [9.17, 15) is 10.1 Å². The van der Waals surface area contributed by atoms with Crippen LogP contribution in [-0.4, -0.2) is 49.7 Å². The summed E-state index contributed by atoms with van der Waals surface area (Å²) in [5.74, 6) is 1.09. The van der Waals surface area contributed by atoms with Crippen molar-refractivity contribution >= 4 is 38.6 Å². The van der Waals surface area contributed by atoms with Gasteiger partial charge < -0.3 is 15.1 Å². The van der Waals surface area contributed by atoms with Crippen molar-refractivity contribution in [2.45, 2.75) is 94.5 Å². The number of furan rings is 1. The number of nitriles is 1. The van der Waals surface area contributed by atoms with Crippen molar-refractivity contribution in [3.05, 3.63) is 40.5 Å². The Morgan fingerprint density at radius 1 is 1.18 bits per heavy atom. The number of fused-ring (bicyclic) bond motifs is 4. The predicted octanol–water partition coefficient (Wildman–Crippen LogP) is 4.65. The molecule has 38 heavy (non-hydrogen) atoms. The highest BCUT2D eigenvalue weighted by Gasteiger charge is 2.51. The van der Waals surface area contributed by atoms with Crippen LogP contribution in [0, 0.1) is 17.2 Å². The van der Waals surface area contributed by atoms with Crippen LogP contribution < -0.4 is 10.6 Å². The summed E-state index contributed by atoms with van der Waals surface area (Å²) in [5, 5.41) is 14.8. The highest BCUT2D eigenvalue weighted by atomic mass is 79.9. The van der Waals surface area contributed by atoms with E-state index in [4.69, 9.17) is 15.1 Å². The van der Waals surface area contributed by atoms with Crippen LogP contribution in [0.25, 0.3) is 11.0 Å². The Labute approximate surface area is 230 Å². The normalized spacial score (nSPS) is 30.8. The van der Waals surface area contributed by atoms with Gasteiger partial charge in [-0.3, -0.25) is 14.4 Å². The number of hydrogen-bond acceptors (Lipinski definition) is 7.